The molecule has 0 aromatic carbocycles. The van der Waals surface area contributed by atoms with Crippen LogP contribution in [0.4, 0.5) is 0 Å². The summed E-state index contributed by atoms with van der Waals surface area (Å²) in [7, 11) is 2.08. The van der Waals surface area contributed by atoms with Gasteiger partial charge in [-0.05, 0) is 32.9 Å². The molecule has 1 saturated heterocycles. The summed E-state index contributed by atoms with van der Waals surface area (Å²) in [5, 5.41) is 0. The average Bonchev–Trinajstić information content (AvgIpc) is 2.16. The van der Waals surface area contributed by atoms with Crippen LogP contribution < -0.4 is 0 Å². The van der Waals surface area contributed by atoms with Crippen molar-refractivity contribution in [3.63, 3.8) is 0 Å². The third kappa shape index (κ3) is 3.63. The molecule has 0 aromatic rings. The van der Waals surface area contributed by atoms with Crippen LogP contribution in [0.5, 0.6) is 0 Å². The molecule has 1 aliphatic rings. The zero-order valence-electron chi connectivity index (χ0n) is 10.8. The maximum Gasteiger partial charge on any atom is 0.302 e. The molecule has 3 unspecified atom stereocenters. The van der Waals surface area contributed by atoms with Gasteiger partial charge in [0.1, 0.15) is 6.10 Å². The first kappa shape index (κ1) is 13.2. The fourth-order valence-electron chi connectivity index (χ4n) is 2.47. The van der Waals surface area contributed by atoms with Crippen molar-refractivity contribution >= 4 is 5.97 Å². The molecule has 0 aromatic heterocycles. The van der Waals surface area contributed by atoms with Crippen LogP contribution in [0.3, 0.4) is 0 Å². The summed E-state index contributed by atoms with van der Waals surface area (Å²) in [6.45, 7) is 7.67. The monoisotopic (exact) mass is 225 g/mol. The van der Waals surface area contributed by atoms with Gasteiger partial charge in [-0.3, -0.25) is 4.79 Å². The van der Waals surface area contributed by atoms with Gasteiger partial charge in [-0.1, -0.05) is 19.1 Å². The summed E-state index contributed by atoms with van der Waals surface area (Å²) in [4.78, 5) is 13.3. The first-order valence-corrected chi connectivity index (χ1v) is 6.03. The van der Waals surface area contributed by atoms with E-state index in [1.807, 2.05) is 6.92 Å². The number of allylic oxidation sites excluding steroid dienone is 2. The number of carbonyl (C=O) groups is 1. The highest BCUT2D eigenvalue weighted by atomic mass is 16.5. The van der Waals surface area contributed by atoms with Crippen LogP contribution in [0.2, 0.25) is 0 Å². The highest BCUT2D eigenvalue weighted by Gasteiger charge is 2.32. The lowest BCUT2D eigenvalue weighted by atomic mass is 9.83. The number of likely N-dealkylation sites (tertiary alicyclic amines) is 1. The van der Waals surface area contributed by atoms with Crippen LogP contribution >= 0.6 is 0 Å². The van der Waals surface area contributed by atoms with Gasteiger partial charge in [0.15, 0.2) is 0 Å². The van der Waals surface area contributed by atoms with Gasteiger partial charge in [-0.25, -0.2) is 0 Å². The second-order valence-electron chi connectivity index (χ2n) is 4.75. The van der Waals surface area contributed by atoms with E-state index >= 15 is 0 Å². The molecule has 0 radical (unpaired) electrons. The Morgan fingerprint density at radius 2 is 2.25 bits per heavy atom. The second kappa shape index (κ2) is 6.04. The fourth-order valence-corrected chi connectivity index (χ4v) is 2.47. The Morgan fingerprint density at radius 3 is 2.81 bits per heavy atom. The van der Waals surface area contributed by atoms with E-state index in [2.05, 4.69) is 31.0 Å². The number of piperidine rings is 1. The number of carbonyl (C=O) groups excluding carboxylic acids is 1. The van der Waals surface area contributed by atoms with Crippen LogP contribution in [-0.4, -0.2) is 37.1 Å². The van der Waals surface area contributed by atoms with Crippen LogP contribution in [-0.2, 0) is 9.53 Å². The van der Waals surface area contributed by atoms with Gasteiger partial charge in [-0.2, -0.15) is 0 Å². The maximum absolute atomic E-state index is 11.1. The average molecular weight is 225 g/mol. The lowest BCUT2D eigenvalue weighted by Crippen LogP contribution is -2.45. The molecule has 0 bridgehead atoms. The minimum Gasteiger partial charge on any atom is -0.461 e. The van der Waals surface area contributed by atoms with Crippen molar-refractivity contribution in [2.24, 2.45) is 11.8 Å². The lowest BCUT2D eigenvalue weighted by molar-refractivity contribution is -0.153. The quantitative estimate of drug-likeness (QED) is 0.544. The summed E-state index contributed by atoms with van der Waals surface area (Å²) in [5.41, 5.74) is 0. The van der Waals surface area contributed by atoms with E-state index in [0.29, 0.717) is 11.8 Å². The number of rotatable bonds is 3. The van der Waals surface area contributed by atoms with Crippen molar-refractivity contribution in [2.45, 2.75) is 33.3 Å². The zero-order valence-corrected chi connectivity index (χ0v) is 10.8. The van der Waals surface area contributed by atoms with Gasteiger partial charge in [0.05, 0.1) is 0 Å². The third-order valence-corrected chi connectivity index (χ3v) is 3.30. The maximum atomic E-state index is 11.1. The summed E-state index contributed by atoms with van der Waals surface area (Å²) in [6, 6.07) is 0. The van der Waals surface area contributed by atoms with Crippen LogP contribution in [0.1, 0.15) is 27.2 Å². The Labute approximate surface area is 98.5 Å². The molecule has 3 nitrogen and oxygen atoms in total. The zero-order chi connectivity index (χ0) is 12.1. The Hall–Kier alpha value is -0.830. The smallest absolute Gasteiger partial charge is 0.302 e. The highest BCUT2D eigenvalue weighted by Crippen LogP contribution is 2.27. The number of esters is 1. The number of ether oxygens (including phenoxy) is 1. The minimum atomic E-state index is -0.169. The predicted molar refractivity (Wildman–Crippen MR) is 65.1 cm³/mol. The summed E-state index contributed by atoms with van der Waals surface area (Å²) >= 11 is 0. The van der Waals surface area contributed by atoms with Crippen molar-refractivity contribution in [1.29, 1.82) is 0 Å². The molecule has 16 heavy (non-hydrogen) atoms. The van der Waals surface area contributed by atoms with E-state index in [9.17, 15) is 4.79 Å². The molecule has 0 N–H and O–H groups in total. The number of likely N-dealkylation sites (N-methyl/N-ethyl adjacent to an activating group) is 1. The lowest BCUT2D eigenvalue weighted by Gasteiger charge is -2.38. The first-order chi connectivity index (χ1) is 7.54. The van der Waals surface area contributed by atoms with Crippen LogP contribution in [0.15, 0.2) is 12.2 Å². The summed E-state index contributed by atoms with van der Waals surface area (Å²) in [6.07, 6.45) is 5.42. The molecule has 3 heteroatoms. The Balaban J connectivity index is 2.67. The third-order valence-electron chi connectivity index (χ3n) is 3.30. The van der Waals surface area contributed by atoms with E-state index in [1.54, 1.807) is 0 Å². The molecular weight excluding hydrogens is 202 g/mol. The van der Waals surface area contributed by atoms with E-state index in [-0.39, 0.29) is 12.1 Å². The van der Waals surface area contributed by atoms with Crippen molar-refractivity contribution < 1.29 is 9.53 Å². The molecule has 0 saturated carbocycles. The normalized spacial score (nSPS) is 29.2. The molecule has 3 atom stereocenters. The number of hydrogen-bond donors (Lipinski definition) is 0. The van der Waals surface area contributed by atoms with Crippen molar-refractivity contribution in [1.82, 2.24) is 4.90 Å². The van der Waals surface area contributed by atoms with E-state index in [1.165, 1.54) is 6.92 Å². The highest BCUT2D eigenvalue weighted by molar-refractivity contribution is 5.66. The Kier molecular flexibility index (Phi) is 5.00. The van der Waals surface area contributed by atoms with Crippen molar-refractivity contribution in [3.8, 4) is 0 Å². The molecule has 0 aliphatic carbocycles. The molecule has 92 valence electrons. The molecule has 0 spiro atoms. The molecule has 1 heterocycles. The molecule has 1 aliphatic heterocycles. The number of nitrogens with zero attached hydrogens (tertiary/aromatic N) is 1. The molecule has 0 amide bonds. The van der Waals surface area contributed by atoms with Gasteiger partial charge in [0, 0.05) is 19.4 Å². The second-order valence-corrected chi connectivity index (χ2v) is 4.75. The predicted octanol–water partition coefficient (Wildman–Crippen LogP) is 2.08. The number of hydrogen-bond acceptors (Lipinski definition) is 3. The van der Waals surface area contributed by atoms with Gasteiger partial charge < -0.3 is 9.64 Å². The molecule has 1 fully saturated rings. The summed E-state index contributed by atoms with van der Waals surface area (Å²) in [5.74, 6) is 0.761. The van der Waals surface area contributed by atoms with Crippen molar-refractivity contribution in [3.05, 3.63) is 12.2 Å². The topological polar surface area (TPSA) is 29.5 Å². The SMILES string of the molecule is C/C=C/C(C)C1CCN(C)CC1OC(C)=O. The van der Waals surface area contributed by atoms with Crippen LogP contribution in [0.25, 0.3) is 0 Å². The van der Waals surface area contributed by atoms with E-state index in [4.69, 9.17) is 4.74 Å². The largest absolute Gasteiger partial charge is 0.461 e. The van der Waals surface area contributed by atoms with Crippen LogP contribution in [0, 0.1) is 11.8 Å². The van der Waals surface area contributed by atoms with E-state index in [0.717, 1.165) is 19.5 Å². The van der Waals surface area contributed by atoms with E-state index < -0.39 is 0 Å². The minimum absolute atomic E-state index is 0.0439. The standard InChI is InChI=1S/C13H23NO2/c1-5-6-10(2)12-7-8-14(4)9-13(12)16-11(3)15/h5-6,10,12-13H,7-9H2,1-4H3/b6-5+. The van der Waals surface area contributed by atoms with Gasteiger partial charge in [-0.15, -0.1) is 0 Å². The van der Waals surface area contributed by atoms with Gasteiger partial charge in [0.2, 0.25) is 0 Å². The molecular formula is C13H23NO2. The van der Waals surface area contributed by atoms with Gasteiger partial charge in [0.25, 0.3) is 0 Å². The fraction of sp³-hybridized carbons (Fsp3) is 0.769. The summed E-state index contributed by atoms with van der Waals surface area (Å²) < 4.78 is 5.43. The van der Waals surface area contributed by atoms with Crippen molar-refractivity contribution in [2.75, 3.05) is 20.1 Å². The Bertz CT molecular complexity index is 263. The van der Waals surface area contributed by atoms with Gasteiger partial charge >= 0.3 is 5.97 Å². The first-order valence-electron chi connectivity index (χ1n) is 6.03. The Morgan fingerprint density at radius 1 is 1.56 bits per heavy atom. The molecule has 1 rings (SSSR count).